The van der Waals surface area contributed by atoms with Crippen molar-refractivity contribution in [2.24, 2.45) is 0 Å². The molecule has 0 aromatic rings. The third-order valence-corrected chi connectivity index (χ3v) is 6.94. The quantitative estimate of drug-likeness (QED) is 0.334. The van der Waals surface area contributed by atoms with Crippen molar-refractivity contribution in [2.75, 3.05) is 19.6 Å². The second-order valence-corrected chi connectivity index (χ2v) is 11.8. The number of allylic oxidation sites excluding steroid dienone is 2. The molecular formula is C17H37NSi. The van der Waals surface area contributed by atoms with Crippen molar-refractivity contribution in [3.8, 4) is 0 Å². The van der Waals surface area contributed by atoms with Crippen molar-refractivity contribution in [1.82, 2.24) is 4.90 Å². The molecule has 19 heavy (non-hydrogen) atoms. The lowest BCUT2D eigenvalue weighted by Gasteiger charge is -2.25. The minimum Gasteiger partial charge on any atom is -0.303 e. The second kappa shape index (κ2) is 11.7. The molecule has 0 saturated heterocycles. The van der Waals surface area contributed by atoms with Gasteiger partial charge in [-0.1, -0.05) is 58.0 Å². The number of nitrogens with zero attached hydrogens (tertiary/aromatic N) is 1. The normalized spacial score (nSPS) is 12.7. The molecule has 0 fully saturated rings. The van der Waals surface area contributed by atoms with E-state index in [1.807, 2.05) is 0 Å². The van der Waals surface area contributed by atoms with Crippen LogP contribution in [0.5, 0.6) is 0 Å². The van der Waals surface area contributed by atoms with Gasteiger partial charge in [0.25, 0.3) is 0 Å². The number of hydrogen-bond donors (Lipinski definition) is 0. The highest BCUT2D eigenvalue weighted by molar-refractivity contribution is 6.77. The molecule has 114 valence electrons. The van der Waals surface area contributed by atoms with Gasteiger partial charge in [0.15, 0.2) is 0 Å². The zero-order valence-corrected chi connectivity index (χ0v) is 15.2. The van der Waals surface area contributed by atoms with E-state index in [4.69, 9.17) is 0 Å². The third kappa shape index (κ3) is 11.4. The number of hydrogen-bond acceptors (Lipinski definition) is 1. The molecule has 2 heteroatoms. The van der Waals surface area contributed by atoms with Crippen LogP contribution in [0.4, 0.5) is 0 Å². The predicted octanol–water partition coefficient (Wildman–Crippen LogP) is 5.56. The summed E-state index contributed by atoms with van der Waals surface area (Å²) in [4.78, 5) is 2.70. The molecule has 0 spiro atoms. The Morgan fingerprint density at radius 2 is 1.42 bits per heavy atom. The van der Waals surface area contributed by atoms with Crippen LogP contribution in [0.2, 0.25) is 25.2 Å². The van der Waals surface area contributed by atoms with Crippen LogP contribution >= 0.6 is 0 Å². The molecule has 0 aliphatic carbocycles. The van der Waals surface area contributed by atoms with Crippen molar-refractivity contribution < 1.29 is 0 Å². The Bertz CT molecular complexity index is 215. The predicted molar refractivity (Wildman–Crippen MR) is 92.8 cm³/mol. The van der Waals surface area contributed by atoms with Gasteiger partial charge < -0.3 is 4.90 Å². The summed E-state index contributed by atoms with van der Waals surface area (Å²) in [6.07, 6.45) is 11.4. The van der Waals surface area contributed by atoms with E-state index in [1.165, 1.54) is 63.8 Å². The lowest BCUT2D eigenvalue weighted by Crippen LogP contribution is -2.30. The SMILES string of the molecule is CC=CC[Si](C)(C)CCCN(CCCC)CCCC. The van der Waals surface area contributed by atoms with E-state index in [2.05, 4.69) is 50.9 Å². The summed E-state index contributed by atoms with van der Waals surface area (Å²) in [5, 5.41) is 0. The Balaban J connectivity index is 3.94. The van der Waals surface area contributed by atoms with Gasteiger partial charge in [-0.25, -0.2) is 0 Å². The Labute approximate surface area is 123 Å². The molecule has 0 aliphatic heterocycles. The highest BCUT2D eigenvalue weighted by Crippen LogP contribution is 2.18. The maximum Gasteiger partial charge on any atom is 0.0511 e. The summed E-state index contributed by atoms with van der Waals surface area (Å²) in [6.45, 7) is 15.8. The fourth-order valence-electron chi connectivity index (χ4n) is 2.42. The van der Waals surface area contributed by atoms with Gasteiger partial charge in [0.1, 0.15) is 0 Å². The standard InChI is InChI=1S/C17H37NSi/c1-6-9-13-18(14-10-7-2)15-12-17-19(4,5)16-11-8-3/h8,11H,6-7,9-10,12-17H2,1-5H3. The van der Waals surface area contributed by atoms with Gasteiger partial charge in [-0.2, -0.15) is 0 Å². The van der Waals surface area contributed by atoms with Gasteiger partial charge in [0.2, 0.25) is 0 Å². The van der Waals surface area contributed by atoms with E-state index >= 15 is 0 Å². The van der Waals surface area contributed by atoms with Crippen LogP contribution in [0.15, 0.2) is 12.2 Å². The average molecular weight is 284 g/mol. The van der Waals surface area contributed by atoms with Gasteiger partial charge >= 0.3 is 0 Å². The van der Waals surface area contributed by atoms with Gasteiger partial charge in [0, 0.05) is 0 Å². The van der Waals surface area contributed by atoms with E-state index in [0.717, 1.165) is 0 Å². The summed E-state index contributed by atoms with van der Waals surface area (Å²) in [5.74, 6) is 0. The number of unbranched alkanes of at least 4 members (excludes halogenated alkanes) is 2. The third-order valence-electron chi connectivity index (χ3n) is 3.89. The van der Waals surface area contributed by atoms with Crippen molar-refractivity contribution in [3.63, 3.8) is 0 Å². The second-order valence-electron chi connectivity index (χ2n) is 6.59. The Hall–Kier alpha value is -0.0831. The van der Waals surface area contributed by atoms with E-state index in [-0.39, 0.29) is 0 Å². The summed E-state index contributed by atoms with van der Waals surface area (Å²) in [6, 6.07) is 2.83. The van der Waals surface area contributed by atoms with Crippen LogP contribution in [0, 0.1) is 0 Å². The van der Waals surface area contributed by atoms with Crippen LogP contribution in [-0.4, -0.2) is 32.6 Å². The van der Waals surface area contributed by atoms with E-state index in [9.17, 15) is 0 Å². The Kier molecular flexibility index (Phi) is 11.7. The molecule has 0 aromatic carbocycles. The van der Waals surface area contributed by atoms with Crippen molar-refractivity contribution in [1.29, 1.82) is 0 Å². The van der Waals surface area contributed by atoms with Crippen LogP contribution in [0.1, 0.15) is 52.9 Å². The smallest absolute Gasteiger partial charge is 0.0511 e. The van der Waals surface area contributed by atoms with Gasteiger partial charge in [-0.3, -0.25) is 0 Å². The first kappa shape index (κ1) is 18.9. The van der Waals surface area contributed by atoms with Crippen molar-refractivity contribution in [2.45, 2.75) is 78.1 Å². The fraction of sp³-hybridized carbons (Fsp3) is 0.882. The first-order valence-electron chi connectivity index (χ1n) is 8.39. The van der Waals surface area contributed by atoms with Crippen LogP contribution < -0.4 is 0 Å². The maximum absolute atomic E-state index is 2.70. The zero-order valence-electron chi connectivity index (χ0n) is 14.2. The highest BCUT2D eigenvalue weighted by Gasteiger charge is 2.18. The molecule has 0 aliphatic rings. The lowest BCUT2D eigenvalue weighted by molar-refractivity contribution is 0.265. The fourth-order valence-corrected chi connectivity index (χ4v) is 4.61. The monoisotopic (exact) mass is 283 g/mol. The molecule has 0 aromatic heterocycles. The maximum atomic E-state index is 2.70. The van der Waals surface area contributed by atoms with E-state index < -0.39 is 8.07 Å². The zero-order chi connectivity index (χ0) is 14.6. The lowest BCUT2D eigenvalue weighted by atomic mass is 10.2. The molecule has 1 nitrogen and oxygen atoms in total. The summed E-state index contributed by atoms with van der Waals surface area (Å²) >= 11 is 0. The van der Waals surface area contributed by atoms with Gasteiger partial charge in [-0.05, 0) is 51.9 Å². The molecule has 0 atom stereocenters. The molecule has 0 unspecified atom stereocenters. The molecule has 0 bridgehead atoms. The average Bonchev–Trinajstić information content (AvgIpc) is 2.39. The summed E-state index contributed by atoms with van der Waals surface area (Å²) in [7, 11) is -0.967. The summed E-state index contributed by atoms with van der Waals surface area (Å²) < 4.78 is 0. The van der Waals surface area contributed by atoms with Crippen LogP contribution in [-0.2, 0) is 0 Å². The van der Waals surface area contributed by atoms with Gasteiger partial charge in [-0.15, -0.1) is 0 Å². The largest absolute Gasteiger partial charge is 0.303 e. The number of rotatable bonds is 12. The van der Waals surface area contributed by atoms with Crippen LogP contribution in [0.25, 0.3) is 0 Å². The first-order valence-corrected chi connectivity index (χ1v) is 11.8. The van der Waals surface area contributed by atoms with E-state index in [1.54, 1.807) is 0 Å². The minimum atomic E-state index is -0.967. The van der Waals surface area contributed by atoms with Crippen LogP contribution in [0.3, 0.4) is 0 Å². The molecule has 0 N–H and O–H groups in total. The summed E-state index contributed by atoms with van der Waals surface area (Å²) in [5.41, 5.74) is 0. The first-order chi connectivity index (χ1) is 9.05. The van der Waals surface area contributed by atoms with E-state index in [0.29, 0.717) is 0 Å². The Morgan fingerprint density at radius 3 is 1.89 bits per heavy atom. The molecular weight excluding hydrogens is 246 g/mol. The topological polar surface area (TPSA) is 3.24 Å². The van der Waals surface area contributed by atoms with Crippen molar-refractivity contribution in [3.05, 3.63) is 12.2 Å². The highest BCUT2D eigenvalue weighted by atomic mass is 28.3. The molecule has 0 radical (unpaired) electrons. The van der Waals surface area contributed by atoms with Gasteiger partial charge in [0.05, 0.1) is 8.07 Å². The minimum absolute atomic E-state index is 0.967. The Morgan fingerprint density at radius 1 is 0.895 bits per heavy atom. The molecule has 0 heterocycles. The molecule has 0 amide bonds. The van der Waals surface area contributed by atoms with Crippen molar-refractivity contribution >= 4 is 8.07 Å². The molecule has 0 saturated carbocycles. The molecule has 0 rings (SSSR count).